The van der Waals surface area contributed by atoms with E-state index in [1.807, 2.05) is 29.8 Å². The van der Waals surface area contributed by atoms with Crippen molar-refractivity contribution < 1.29 is 4.79 Å². The zero-order valence-electron chi connectivity index (χ0n) is 11.1. The molecule has 0 unspecified atom stereocenters. The summed E-state index contributed by atoms with van der Waals surface area (Å²) in [7, 11) is 0. The number of aromatic nitrogens is 3. The van der Waals surface area contributed by atoms with E-state index in [1.165, 1.54) is 11.3 Å². The molecule has 3 aromatic rings. The van der Waals surface area contributed by atoms with Gasteiger partial charge in [-0.15, -0.1) is 11.3 Å². The third-order valence-corrected chi connectivity index (χ3v) is 4.51. The van der Waals surface area contributed by atoms with Gasteiger partial charge in [-0.05, 0) is 47.1 Å². The lowest BCUT2D eigenvalue weighted by atomic mass is 10.3. The first kappa shape index (κ1) is 14.0. The molecule has 3 heterocycles. The summed E-state index contributed by atoms with van der Waals surface area (Å²) in [6.45, 7) is 1.89. The Labute approximate surface area is 133 Å². The number of hydrogen-bond acceptors (Lipinski definition) is 4. The highest BCUT2D eigenvalue weighted by Crippen LogP contribution is 2.24. The molecule has 0 atom stereocenters. The van der Waals surface area contributed by atoms with E-state index in [2.05, 4.69) is 31.2 Å². The van der Waals surface area contributed by atoms with E-state index in [4.69, 9.17) is 0 Å². The number of rotatable bonds is 3. The molecule has 7 heteroatoms. The zero-order chi connectivity index (χ0) is 14.8. The Balaban J connectivity index is 1.93. The predicted molar refractivity (Wildman–Crippen MR) is 86.1 cm³/mol. The second-order valence-electron chi connectivity index (χ2n) is 4.28. The van der Waals surface area contributed by atoms with Crippen molar-refractivity contribution in [2.24, 2.45) is 0 Å². The summed E-state index contributed by atoms with van der Waals surface area (Å²) in [6.07, 6.45) is 5.20. The molecule has 1 amide bonds. The molecule has 0 saturated carbocycles. The largest absolute Gasteiger partial charge is 0.318 e. The molecule has 0 spiro atoms. The molecule has 106 valence electrons. The molecule has 0 bridgehead atoms. The van der Waals surface area contributed by atoms with Gasteiger partial charge in [0.05, 0.1) is 14.4 Å². The molecule has 0 radical (unpaired) electrons. The van der Waals surface area contributed by atoms with Crippen molar-refractivity contribution in [2.45, 2.75) is 6.92 Å². The first-order valence-corrected chi connectivity index (χ1v) is 7.78. The van der Waals surface area contributed by atoms with Crippen molar-refractivity contribution in [3.63, 3.8) is 0 Å². The van der Waals surface area contributed by atoms with Gasteiger partial charge in [-0.3, -0.25) is 9.36 Å². The van der Waals surface area contributed by atoms with E-state index in [0.29, 0.717) is 16.4 Å². The van der Waals surface area contributed by atoms with Crippen LogP contribution in [0, 0.1) is 6.92 Å². The number of aryl methyl sites for hydroxylation is 1. The maximum absolute atomic E-state index is 12.3. The van der Waals surface area contributed by atoms with Gasteiger partial charge in [0.1, 0.15) is 5.82 Å². The van der Waals surface area contributed by atoms with Crippen LogP contribution in [0.5, 0.6) is 0 Å². The third kappa shape index (κ3) is 2.88. The van der Waals surface area contributed by atoms with E-state index in [9.17, 15) is 4.79 Å². The number of carbonyl (C=O) groups is 1. The number of carbonyl (C=O) groups excluding carboxylic acids is 1. The first-order chi connectivity index (χ1) is 10.1. The molecule has 0 saturated heterocycles. The first-order valence-electron chi connectivity index (χ1n) is 6.17. The minimum atomic E-state index is -0.155. The number of anilines is 1. The van der Waals surface area contributed by atoms with Crippen LogP contribution in [0.15, 0.2) is 46.6 Å². The van der Waals surface area contributed by atoms with E-state index in [-0.39, 0.29) is 5.91 Å². The number of pyridine rings is 1. The fourth-order valence-corrected chi connectivity index (χ4v) is 3.19. The van der Waals surface area contributed by atoms with Crippen LogP contribution in [0.3, 0.4) is 0 Å². The van der Waals surface area contributed by atoms with Gasteiger partial charge < -0.3 is 5.32 Å². The zero-order valence-corrected chi connectivity index (χ0v) is 13.5. The molecule has 3 rings (SSSR count). The van der Waals surface area contributed by atoms with Crippen LogP contribution < -0.4 is 5.32 Å². The topological polar surface area (TPSA) is 59.8 Å². The van der Waals surface area contributed by atoms with Gasteiger partial charge in [0.15, 0.2) is 5.82 Å². The lowest BCUT2D eigenvalue weighted by Gasteiger charge is -2.11. The van der Waals surface area contributed by atoms with Crippen molar-refractivity contribution in [3.05, 3.63) is 57.3 Å². The van der Waals surface area contributed by atoms with Crippen molar-refractivity contribution in [2.75, 3.05) is 5.32 Å². The van der Waals surface area contributed by atoms with Gasteiger partial charge in [0.2, 0.25) is 0 Å². The van der Waals surface area contributed by atoms with Gasteiger partial charge in [-0.1, -0.05) is 0 Å². The second-order valence-corrected chi connectivity index (χ2v) is 6.74. The summed E-state index contributed by atoms with van der Waals surface area (Å²) in [5.41, 5.74) is 0.646. The Bertz CT molecular complexity index is 796. The van der Waals surface area contributed by atoms with Crippen molar-refractivity contribution >= 4 is 38.9 Å². The fourth-order valence-electron chi connectivity index (χ4n) is 1.91. The molecule has 0 aliphatic rings. The van der Waals surface area contributed by atoms with Crippen molar-refractivity contribution in [1.29, 1.82) is 0 Å². The highest BCUT2D eigenvalue weighted by molar-refractivity contribution is 9.11. The van der Waals surface area contributed by atoms with Crippen molar-refractivity contribution in [3.8, 4) is 5.82 Å². The summed E-state index contributed by atoms with van der Waals surface area (Å²) < 4.78 is 2.75. The number of amides is 1. The Morgan fingerprint density at radius 3 is 2.81 bits per heavy atom. The monoisotopic (exact) mass is 362 g/mol. The Morgan fingerprint density at radius 2 is 2.14 bits per heavy atom. The minimum Gasteiger partial charge on any atom is -0.318 e. The normalized spacial score (nSPS) is 10.6. The summed E-state index contributed by atoms with van der Waals surface area (Å²) in [5, 5.41) is 2.90. The van der Waals surface area contributed by atoms with E-state index < -0.39 is 0 Å². The van der Waals surface area contributed by atoms with Crippen molar-refractivity contribution in [1.82, 2.24) is 14.5 Å². The van der Waals surface area contributed by atoms with Gasteiger partial charge >= 0.3 is 0 Å². The molecular formula is C14H11BrN4OS. The maximum atomic E-state index is 12.3. The lowest BCUT2D eigenvalue weighted by molar-refractivity contribution is 0.103. The van der Waals surface area contributed by atoms with Gasteiger partial charge in [-0.25, -0.2) is 9.97 Å². The molecule has 1 N–H and O–H groups in total. The summed E-state index contributed by atoms with van der Waals surface area (Å²) >= 11 is 4.74. The summed E-state index contributed by atoms with van der Waals surface area (Å²) in [4.78, 5) is 21.4. The molecule has 5 nitrogen and oxygen atoms in total. The average Bonchev–Trinajstić information content (AvgIpc) is 3.08. The Hall–Kier alpha value is -1.99. The van der Waals surface area contributed by atoms with Gasteiger partial charge in [0.25, 0.3) is 5.91 Å². The summed E-state index contributed by atoms with van der Waals surface area (Å²) in [6, 6.07) is 7.24. The van der Waals surface area contributed by atoms with E-state index >= 15 is 0 Å². The number of thiophene rings is 1. The smallest absolute Gasteiger partial charge is 0.265 e. The van der Waals surface area contributed by atoms with Crippen LogP contribution in [0.25, 0.3) is 5.82 Å². The fraction of sp³-hybridized carbons (Fsp3) is 0.0714. The van der Waals surface area contributed by atoms with Gasteiger partial charge in [-0.2, -0.15) is 0 Å². The number of hydrogen-bond donors (Lipinski definition) is 1. The standard InChI is InChI=1S/C14H11BrN4OS/c1-9-16-7-8-19(9)13-10(3-2-6-17-13)18-14(20)11-4-5-12(15)21-11/h2-8H,1H3,(H,18,20). The SMILES string of the molecule is Cc1nccn1-c1ncccc1NC(=O)c1ccc(Br)s1. The number of imidazole rings is 1. The lowest BCUT2D eigenvalue weighted by Crippen LogP contribution is -2.13. The van der Waals surface area contributed by atoms with Crippen LogP contribution in [0.1, 0.15) is 15.5 Å². The quantitative estimate of drug-likeness (QED) is 0.773. The number of halogens is 1. The molecule has 0 aliphatic carbocycles. The van der Waals surface area contributed by atoms with Crippen LogP contribution in [-0.4, -0.2) is 20.4 Å². The van der Waals surface area contributed by atoms with Crippen LogP contribution in [-0.2, 0) is 0 Å². The molecule has 3 aromatic heterocycles. The maximum Gasteiger partial charge on any atom is 0.265 e. The number of nitrogens with zero attached hydrogens (tertiary/aromatic N) is 3. The van der Waals surface area contributed by atoms with Gasteiger partial charge in [0, 0.05) is 18.6 Å². The highest BCUT2D eigenvalue weighted by Gasteiger charge is 2.13. The van der Waals surface area contributed by atoms with E-state index in [1.54, 1.807) is 24.5 Å². The highest BCUT2D eigenvalue weighted by atomic mass is 79.9. The molecule has 0 aliphatic heterocycles. The Morgan fingerprint density at radius 1 is 1.29 bits per heavy atom. The van der Waals surface area contributed by atoms with E-state index in [0.717, 1.165) is 9.61 Å². The minimum absolute atomic E-state index is 0.155. The molecule has 0 fully saturated rings. The Kier molecular flexibility index (Phi) is 3.85. The van der Waals surface area contributed by atoms with Crippen LogP contribution in [0.4, 0.5) is 5.69 Å². The van der Waals surface area contributed by atoms with Crippen LogP contribution >= 0.6 is 27.3 Å². The third-order valence-electron chi connectivity index (χ3n) is 2.89. The second kappa shape index (κ2) is 5.79. The molecule has 21 heavy (non-hydrogen) atoms. The molecule has 0 aromatic carbocycles. The summed E-state index contributed by atoms with van der Waals surface area (Å²) in [5.74, 6) is 1.30. The average molecular weight is 363 g/mol. The molecular weight excluding hydrogens is 352 g/mol. The predicted octanol–water partition coefficient (Wildman–Crippen LogP) is 3.65. The van der Waals surface area contributed by atoms with Crippen LogP contribution in [0.2, 0.25) is 0 Å². The number of nitrogens with one attached hydrogen (secondary N) is 1.